The Hall–Kier alpha value is -0.460. The standard InChI is InChI=1S/C18H34O5/c1-2-3-4-5-6-7-8-9-10-11-12-22-16-14-23-18(17(16)21)15(20)13-19/h3-4,15-21H,2,5-14H2,1H3/b4-3+/t15-,16+,17-,18-/m1/s1. The average molecular weight is 330 g/mol. The van der Waals surface area contributed by atoms with Gasteiger partial charge in [-0.25, -0.2) is 0 Å². The van der Waals surface area contributed by atoms with Crippen LogP contribution in [0.5, 0.6) is 0 Å². The predicted molar refractivity (Wildman–Crippen MR) is 90.3 cm³/mol. The van der Waals surface area contributed by atoms with Crippen LogP contribution in [0.3, 0.4) is 0 Å². The van der Waals surface area contributed by atoms with Crippen LogP contribution in [0.1, 0.15) is 58.3 Å². The number of hydrogen-bond donors (Lipinski definition) is 3. The molecule has 5 heteroatoms. The van der Waals surface area contributed by atoms with Crippen LogP contribution in [0.2, 0.25) is 0 Å². The molecule has 0 aromatic carbocycles. The summed E-state index contributed by atoms with van der Waals surface area (Å²) in [6.07, 6.45) is 10.9. The van der Waals surface area contributed by atoms with Gasteiger partial charge < -0.3 is 24.8 Å². The number of allylic oxidation sites excluding steroid dienone is 2. The van der Waals surface area contributed by atoms with Gasteiger partial charge in [-0.15, -0.1) is 0 Å². The second-order valence-corrected chi connectivity index (χ2v) is 6.24. The van der Waals surface area contributed by atoms with Gasteiger partial charge in [0.1, 0.15) is 24.4 Å². The van der Waals surface area contributed by atoms with Crippen molar-refractivity contribution in [2.75, 3.05) is 19.8 Å². The van der Waals surface area contributed by atoms with Crippen LogP contribution < -0.4 is 0 Å². The average Bonchev–Trinajstić information content (AvgIpc) is 2.93. The first-order valence-electron chi connectivity index (χ1n) is 9.05. The van der Waals surface area contributed by atoms with Crippen molar-refractivity contribution >= 4 is 0 Å². The molecular weight excluding hydrogens is 296 g/mol. The second kappa shape index (κ2) is 12.9. The smallest absolute Gasteiger partial charge is 0.114 e. The molecule has 0 radical (unpaired) electrons. The summed E-state index contributed by atoms with van der Waals surface area (Å²) in [5.41, 5.74) is 0. The molecule has 0 aromatic rings. The monoisotopic (exact) mass is 330 g/mol. The highest BCUT2D eigenvalue weighted by Gasteiger charge is 2.40. The van der Waals surface area contributed by atoms with Crippen molar-refractivity contribution in [1.82, 2.24) is 0 Å². The first kappa shape index (κ1) is 20.6. The summed E-state index contributed by atoms with van der Waals surface area (Å²) in [6, 6.07) is 0. The van der Waals surface area contributed by atoms with Crippen LogP contribution in [-0.2, 0) is 9.47 Å². The van der Waals surface area contributed by atoms with Gasteiger partial charge in [0.15, 0.2) is 0 Å². The van der Waals surface area contributed by atoms with Gasteiger partial charge in [0.05, 0.1) is 13.2 Å². The lowest BCUT2D eigenvalue weighted by Gasteiger charge is -2.20. The van der Waals surface area contributed by atoms with Crippen LogP contribution in [0, 0.1) is 0 Å². The molecule has 0 spiro atoms. The topological polar surface area (TPSA) is 79.2 Å². The van der Waals surface area contributed by atoms with E-state index in [1.807, 2.05) is 0 Å². The van der Waals surface area contributed by atoms with Crippen LogP contribution in [0.4, 0.5) is 0 Å². The van der Waals surface area contributed by atoms with Crippen LogP contribution in [0.25, 0.3) is 0 Å². The lowest BCUT2D eigenvalue weighted by Crippen LogP contribution is -2.41. The second-order valence-electron chi connectivity index (χ2n) is 6.24. The van der Waals surface area contributed by atoms with Crippen molar-refractivity contribution in [3.05, 3.63) is 12.2 Å². The number of hydrogen-bond acceptors (Lipinski definition) is 5. The van der Waals surface area contributed by atoms with E-state index in [2.05, 4.69) is 19.1 Å². The molecule has 4 atom stereocenters. The Kier molecular flexibility index (Phi) is 11.5. The fourth-order valence-corrected chi connectivity index (χ4v) is 2.79. The molecule has 1 fully saturated rings. The highest BCUT2D eigenvalue weighted by atomic mass is 16.6. The highest BCUT2D eigenvalue weighted by Crippen LogP contribution is 2.20. The van der Waals surface area contributed by atoms with E-state index in [1.165, 1.54) is 32.1 Å². The maximum Gasteiger partial charge on any atom is 0.114 e. The summed E-state index contributed by atoms with van der Waals surface area (Å²) >= 11 is 0. The molecule has 0 bridgehead atoms. The molecule has 136 valence electrons. The molecular formula is C18H34O5. The van der Waals surface area contributed by atoms with Crippen molar-refractivity contribution in [3.8, 4) is 0 Å². The van der Waals surface area contributed by atoms with Crippen LogP contribution in [0.15, 0.2) is 12.2 Å². The molecule has 5 nitrogen and oxygen atoms in total. The van der Waals surface area contributed by atoms with E-state index in [0.29, 0.717) is 6.61 Å². The summed E-state index contributed by atoms with van der Waals surface area (Å²) in [4.78, 5) is 0. The SMILES string of the molecule is CC/C=C/CCCCCCCCO[C@H]1CO[C@H]([C@H](O)CO)[C@@H]1O. The molecule has 3 N–H and O–H groups in total. The molecule has 0 aliphatic carbocycles. The molecule has 0 saturated carbocycles. The maximum atomic E-state index is 9.98. The lowest BCUT2D eigenvalue weighted by atomic mass is 10.1. The van der Waals surface area contributed by atoms with Gasteiger partial charge in [-0.05, 0) is 25.7 Å². The van der Waals surface area contributed by atoms with E-state index < -0.39 is 31.0 Å². The number of aliphatic hydroxyl groups is 3. The van der Waals surface area contributed by atoms with Crippen molar-refractivity contribution in [2.24, 2.45) is 0 Å². The third-order valence-electron chi connectivity index (χ3n) is 4.24. The quantitative estimate of drug-likeness (QED) is 0.356. The molecule has 23 heavy (non-hydrogen) atoms. The fraction of sp³-hybridized carbons (Fsp3) is 0.889. The molecule has 0 unspecified atom stereocenters. The molecule has 1 aliphatic rings. The zero-order chi connectivity index (χ0) is 16.9. The Morgan fingerprint density at radius 3 is 2.52 bits per heavy atom. The number of rotatable bonds is 13. The lowest BCUT2D eigenvalue weighted by molar-refractivity contribution is -0.0730. The van der Waals surface area contributed by atoms with Gasteiger partial charge in [-0.3, -0.25) is 0 Å². The van der Waals surface area contributed by atoms with Crippen LogP contribution in [-0.4, -0.2) is 59.6 Å². The van der Waals surface area contributed by atoms with E-state index >= 15 is 0 Å². The molecule has 1 aliphatic heterocycles. The van der Waals surface area contributed by atoms with Gasteiger partial charge >= 0.3 is 0 Å². The summed E-state index contributed by atoms with van der Waals surface area (Å²) in [6.45, 7) is 2.62. The third kappa shape index (κ3) is 8.27. The Morgan fingerprint density at radius 2 is 1.83 bits per heavy atom. The minimum atomic E-state index is -1.05. The molecule has 0 amide bonds. The Labute approximate surface area is 140 Å². The van der Waals surface area contributed by atoms with Gasteiger partial charge in [0, 0.05) is 6.61 Å². The Bertz CT molecular complexity index is 308. The van der Waals surface area contributed by atoms with E-state index in [-0.39, 0.29) is 6.61 Å². The summed E-state index contributed by atoms with van der Waals surface area (Å²) < 4.78 is 10.9. The van der Waals surface area contributed by atoms with Crippen molar-refractivity contribution in [3.63, 3.8) is 0 Å². The van der Waals surface area contributed by atoms with Crippen molar-refractivity contribution in [2.45, 2.75) is 82.7 Å². The van der Waals surface area contributed by atoms with E-state index in [0.717, 1.165) is 19.3 Å². The van der Waals surface area contributed by atoms with E-state index in [9.17, 15) is 10.2 Å². The first-order valence-corrected chi connectivity index (χ1v) is 9.05. The number of aliphatic hydroxyl groups excluding tert-OH is 3. The Balaban J connectivity index is 1.94. The van der Waals surface area contributed by atoms with E-state index in [4.69, 9.17) is 14.6 Å². The summed E-state index contributed by atoms with van der Waals surface area (Å²) in [5.74, 6) is 0. The van der Waals surface area contributed by atoms with Gasteiger partial charge in [0.25, 0.3) is 0 Å². The predicted octanol–water partition coefficient (Wildman–Crippen LogP) is 2.18. The minimum Gasteiger partial charge on any atom is -0.394 e. The third-order valence-corrected chi connectivity index (χ3v) is 4.24. The minimum absolute atomic E-state index is 0.272. The van der Waals surface area contributed by atoms with E-state index in [1.54, 1.807) is 0 Å². The van der Waals surface area contributed by atoms with Gasteiger partial charge in [-0.2, -0.15) is 0 Å². The molecule has 1 rings (SSSR count). The maximum absolute atomic E-state index is 9.98. The highest BCUT2D eigenvalue weighted by molar-refractivity contribution is 4.88. The Morgan fingerprint density at radius 1 is 1.13 bits per heavy atom. The molecule has 1 heterocycles. The molecule has 1 saturated heterocycles. The zero-order valence-electron chi connectivity index (χ0n) is 14.4. The number of unbranched alkanes of at least 4 members (excludes halogenated alkanes) is 6. The van der Waals surface area contributed by atoms with Crippen LogP contribution >= 0.6 is 0 Å². The van der Waals surface area contributed by atoms with Gasteiger partial charge in [0.2, 0.25) is 0 Å². The normalized spacial score (nSPS) is 26.2. The van der Waals surface area contributed by atoms with Gasteiger partial charge in [-0.1, -0.05) is 44.8 Å². The number of ether oxygens (including phenoxy) is 2. The molecule has 0 aromatic heterocycles. The van der Waals surface area contributed by atoms with Crippen molar-refractivity contribution in [1.29, 1.82) is 0 Å². The first-order chi connectivity index (χ1) is 11.2. The van der Waals surface area contributed by atoms with Crippen molar-refractivity contribution < 1.29 is 24.8 Å². The zero-order valence-corrected chi connectivity index (χ0v) is 14.4. The summed E-state index contributed by atoms with van der Waals surface area (Å²) in [7, 11) is 0. The largest absolute Gasteiger partial charge is 0.394 e. The fourth-order valence-electron chi connectivity index (χ4n) is 2.79. The summed E-state index contributed by atoms with van der Waals surface area (Å²) in [5, 5.41) is 28.4.